The Labute approximate surface area is 174 Å². The summed E-state index contributed by atoms with van der Waals surface area (Å²) in [6, 6.07) is 15.8. The number of hydrogen-bond acceptors (Lipinski definition) is 3. The third-order valence-corrected chi connectivity index (χ3v) is 5.80. The number of hydrogen-bond donors (Lipinski definition) is 1. The molecule has 0 spiro atoms. The highest BCUT2D eigenvalue weighted by molar-refractivity contribution is 5.68. The molecule has 0 bridgehead atoms. The molecule has 4 rings (SSSR count). The van der Waals surface area contributed by atoms with Gasteiger partial charge in [-0.15, -0.1) is 0 Å². The predicted molar refractivity (Wildman–Crippen MR) is 117 cm³/mol. The maximum atomic E-state index is 12.1. The summed E-state index contributed by atoms with van der Waals surface area (Å²) in [6.45, 7) is 7.76. The monoisotopic (exact) mass is 392 g/mol. The van der Waals surface area contributed by atoms with E-state index < -0.39 is 5.60 Å². The lowest BCUT2D eigenvalue weighted by Gasteiger charge is -2.32. The molecule has 1 aliphatic heterocycles. The Balaban J connectivity index is 1.40. The van der Waals surface area contributed by atoms with Crippen molar-refractivity contribution in [1.29, 1.82) is 0 Å². The van der Waals surface area contributed by atoms with Gasteiger partial charge in [-0.3, -0.25) is 0 Å². The molecule has 4 heteroatoms. The number of para-hydroxylation sites is 1. The van der Waals surface area contributed by atoms with Crippen LogP contribution in [0.3, 0.4) is 0 Å². The van der Waals surface area contributed by atoms with Crippen LogP contribution in [0.1, 0.15) is 55.9 Å². The lowest BCUT2D eigenvalue weighted by Crippen LogP contribution is -2.41. The third kappa shape index (κ3) is 4.92. The first-order chi connectivity index (χ1) is 13.9. The summed E-state index contributed by atoms with van der Waals surface area (Å²) in [5.74, 6) is 0. The smallest absolute Gasteiger partial charge is 0.407 e. The maximum Gasteiger partial charge on any atom is 0.407 e. The first-order valence-electron chi connectivity index (χ1n) is 10.8. The molecule has 1 aliphatic carbocycles. The van der Waals surface area contributed by atoms with Crippen molar-refractivity contribution in [2.24, 2.45) is 0 Å². The van der Waals surface area contributed by atoms with Gasteiger partial charge >= 0.3 is 6.09 Å². The Morgan fingerprint density at radius 1 is 1.10 bits per heavy atom. The number of rotatable bonds is 3. The van der Waals surface area contributed by atoms with Gasteiger partial charge in [-0.2, -0.15) is 0 Å². The largest absolute Gasteiger partial charge is 0.444 e. The van der Waals surface area contributed by atoms with E-state index in [0.29, 0.717) is 0 Å². The van der Waals surface area contributed by atoms with E-state index in [0.717, 1.165) is 32.4 Å². The van der Waals surface area contributed by atoms with E-state index in [9.17, 15) is 4.79 Å². The number of anilines is 1. The van der Waals surface area contributed by atoms with Crippen molar-refractivity contribution in [1.82, 2.24) is 5.32 Å². The summed E-state index contributed by atoms with van der Waals surface area (Å²) in [6.07, 6.45) is 4.93. The Morgan fingerprint density at radius 3 is 2.76 bits per heavy atom. The van der Waals surface area contributed by atoms with Gasteiger partial charge in [-0.25, -0.2) is 4.79 Å². The Bertz CT molecular complexity index is 885. The Hall–Kier alpha value is -2.49. The molecule has 0 saturated carbocycles. The quantitative estimate of drug-likeness (QED) is 0.797. The van der Waals surface area contributed by atoms with Crippen LogP contribution in [0.15, 0.2) is 42.5 Å². The number of carbonyl (C=O) groups excluding carboxylic acids is 1. The second-order valence-corrected chi connectivity index (χ2v) is 9.34. The van der Waals surface area contributed by atoms with Gasteiger partial charge < -0.3 is 15.0 Å². The molecule has 2 aliphatic rings. The highest BCUT2D eigenvalue weighted by Crippen LogP contribution is 2.29. The van der Waals surface area contributed by atoms with E-state index in [1.807, 2.05) is 20.8 Å². The van der Waals surface area contributed by atoms with Crippen LogP contribution in [0.4, 0.5) is 10.5 Å². The van der Waals surface area contributed by atoms with Gasteiger partial charge in [0, 0.05) is 24.8 Å². The topological polar surface area (TPSA) is 41.6 Å². The molecule has 1 heterocycles. The maximum absolute atomic E-state index is 12.1. The van der Waals surface area contributed by atoms with Crippen LogP contribution in [0, 0.1) is 0 Å². The van der Waals surface area contributed by atoms with Gasteiger partial charge in [0.1, 0.15) is 5.60 Å². The molecule has 0 aromatic heterocycles. The lowest BCUT2D eigenvalue weighted by molar-refractivity contribution is 0.0500. The van der Waals surface area contributed by atoms with E-state index in [1.54, 1.807) is 0 Å². The molecule has 0 radical (unpaired) electrons. The Kier molecular flexibility index (Phi) is 5.53. The van der Waals surface area contributed by atoms with Gasteiger partial charge in [0.25, 0.3) is 0 Å². The van der Waals surface area contributed by atoms with Crippen molar-refractivity contribution in [2.75, 3.05) is 11.4 Å². The first-order valence-corrected chi connectivity index (χ1v) is 10.8. The highest BCUT2D eigenvalue weighted by Gasteiger charge is 2.24. The predicted octanol–water partition coefficient (Wildman–Crippen LogP) is 5.02. The van der Waals surface area contributed by atoms with Crippen LogP contribution in [0.5, 0.6) is 0 Å². The number of ether oxygens (including phenoxy) is 1. The van der Waals surface area contributed by atoms with Crippen LogP contribution < -0.4 is 10.2 Å². The fourth-order valence-electron chi connectivity index (χ4n) is 4.50. The first kappa shape index (κ1) is 19.8. The average Bonchev–Trinajstić information content (AvgIpc) is 2.67. The third-order valence-electron chi connectivity index (χ3n) is 5.80. The van der Waals surface area contributed by atoms with Gasteiger partial charge in [0.15, 0.2) is 0 Å². The van der Waals surface area contributed by atoms with E-state index in [1.165, 1.54) is 40.8 Å². The summed E-state index contributed by atoms with van der Waals surface area (Å²) in [5, 5.41) is 3.04. The summed E-state index contributed by atoms with van der Waals surface area (Å²) in [4.78, 5) is 14.6. The highest BCUT2D eigenvalue weighted by atomic mass is 16.6. The van der Waals surface area contributed by atoms with E-state index in [4.69, 9.17) is 4.74 Å². The molecule has 154 valence electrons. The molecule has 0 fully saturated rings. The summed E-state index contributed by atoms with van der Waals surface area (Å²) >= 11 is 0. The van der Waals surface area contributed by atoms with Gasteiger partial charge in [-0.05, 0) is 81.2 Å². The SMILES string of the molecule is CC(C)(C)OC(=O)NC1CCc2cc(CN3CCCc4ccccc43)ccc2C1. The van der Waals surface area contributed by atoms with Crippen molar-refractivity contribution in [3.05, 3.63) is 64.7 Å². The molecule has 2 aromatic rings. The van der Waals surface area contributed by atoms with Crippen LogP contribution in [-0.2, 0) is 30.5 Å². The number of aryl methyl sites for hydroxylation is 2. The van der Waals surface area contributed by atoms with E-state index in [2.05, 4.69) is 52.7 Å². The molecule has 1 unspecified atom stereocenters. The average molecular weight is 393 g/mol. The van der Waals surface area contributed by atoms with Gasteiger partial charge in [0.2, 0.25) is 0 Å². The summed E-state index contributed by atoms with van der Waals surface area (Å²) in [5.41, 5.74) is 6.54. The number of benzene rings is 2. The van der Waals surface area contributed by atoms with E-state index >= 15 is 0 Å². The zero-order chi connectivity index (χ0) is 20.4. The minimum Gasteiger partial charge on any atom is -0.444 e. The van der Waals surface area contributed by atoms with Crippen molar-refractivity contribution < 1.29 is 9.53 Å². The molecule has 1 amide bonds. The summed E-state index contributed by atoms with van der Waals surface area (Å²) in [7, 11) is 0. The van der Waals surface area contributed by atoms with Crippen molar-refractivity contribution in [3.8, 4) is 0 Å². The second-order valence-electron chi connectivity index (χ2n) is 9.34. The number of amides is 1. The van der Waals surface area contributed by atoms with Crippen molar-refractivity contribution in [2.45, 2.75) is 71.1 Å². The number of carbonyl (C=O) groups is 1. The van der Waals surface area contributed by atoms with Gasteiger partial charge in [0.05, 0.1) is 0 Å². The minimum absolute atomic E-state index is 0.150. The Morgan fingerprint density at radius 2 is 1.93 bits per heavy atom. The second kappa shape index (κ2) is 8.10. The number of nitrogens with zero attached hydrogens (tertiary/aromatic N) is 1. The lowest BCUT2D eigenvalue weighted by atomic mass is 9.87. The zero-order valence-corrected chi connectivity index (χ0v) is 17.8. The molecule has 2 aromatic carbocycles. The molecular formula is C25H32N2O2. The molecule has 29 heavy (non-hydrogen) atoms. The van der Waals surface area contributed by atoms with Crippen LogP contribution in [0.25, 0.3) is 0 Å². The standard InChI is InChI=1S/C25H32N2O2/c1-25(2,3)29-24(28)26-22-13-12-20-15-18(10-11-21(20)16-22)17-27-14-6-8-19-7-4-5-9-23(19)27/h4-5,7,9-11,15,22H,6,8,12-14,16-17H2,1-3H3,(H,26,28). The van der Waals surface area contributed by atoms with Crippen molar-refractivity contribution >= 4 is 11.8 Å². The van der Waals surface area contributed by atoms with Crippen LogP contribution in [-0.4, -0.2) is 24.3 Å². The number of alkyl carbamates (subject to hydrolysis) is 1. The molecular weight excluding hydrogens is 360 g/mol. The molecule has 1 N–H and O–H groups in total. The van der Waals surface area contributed by atoms with Crippen molar-refractivity contribution in [3.63, 3.8) is 0 Å². The minimum atomic E-state index is -0.460. The number of fused-ring (bicyclic) bond motifs is 2. The normalized spacial score (nSPS) is 18.6. The molecule has 1 atom stereocenters. The zero-order valence-electron chi connectivity index (χ0n) is 17.8. The van der Waals surface area contributed by atoms with Gasteiger partial charge in [-0.1, -0.05) is 36.4 Å². The van der Waals surface area contributed by atoms with Crippen LogP contribution in [0.2, 0.25) is 0 Å². The van der Waals surface area contributed by atoms with E-state index in [-0.39, 0.29) is 12.1 Å². The fraction of sp³-hybridized carbons (Fsp3) is 0.480. The summed E-state index contributed by atoms with van der Waals surface area (Å²) < 4.78 is 5.41. The number of nitrogens with one attached hydrogen (secondary N) is 1. The van der Waals surface area contributed by atoms with Crippen LogP contribution >= 0.6 is 0 Å². The fourth-order valence-corrected chi connectivity index (χ4v) is 4.50. The molecule has 0 saturated heterocycles. The molecule has 4 nitrogen and oxygen atoms in total.